The fraction of sp³-hybridized carbons (Fsp3) is 0.200. The summed E-state index contributed by atoms with van der Waals surface area (Å²) >= 11 is 14.5. The summed E-state index contributed by atoms with van der Waals surface area (Å²) in [5.74, 6) is 0. The first-order valence-corrected chi connectivity index (χ1v) is 7.57. The minimum atomic E-state index is -0.212. The monoisotopic (exact) mass is 294 g/mol. The van der Waals surface area contributed by atoms with Gasteiger partial charge in [-0.1, -0.05) is 60.7 Å². The van der Waals surface area contributed by atoms with Gasteiger partial charge in [0, 0.05) is 0 Å². The van der Waals surface area contributed by atoms with Crippen molar-refractivity contribution in [1.29, 1.82) is 0 Å². The molecular weight excluding hydrogens is 283 g/mol. The van der Waals surface area contributed by atoms with Gasteiger partial charge in [0.25, 0.3) is 0 Å². The molecule has 0 aromatic heterocycles. The molecule has 1 heterocycles. The second-order valence-corrected chi connectivity index (χ2v) is 6.93. The van der Waals surface area contributed by atoms with E-state index in [2.05, 4.69) is 24.3 Å². The van der Waals surface area contributed by atoms with Gasteiger partial charge < -0.3 is 0 Å². The summed E-state index contributed by atoms with van der Waals surface area (Å²) in [6.07, 6.45) is 0. The van der Waals surface area contributed by atoms with Gasteiger partial charge in [-0.25, -0.2) is 0 Å². The van der Waals surface area contributed by atoms with Gasteiger partial charge in [-0.05, 0) is 11.1 Å². The molecule has 0 nitrogen and oxygen atoms in total. The van der Waals surface area contributed by atoms with Crippen molar-refractivity contribution in [2.45, 2.75) is 14.8 Å². The Labute approximate surface area is 121 Å². The molecule has 0 amide bonds. The number of alkyl halides is 2. The highest BCUT2D eigenvalue weighted by molar-refractivity contribution is 8.04. The quantitative estimate of drug-likeness (QED) is 0.714. The lowest BCUT2D eigenvalue weighted by molar-refractivity contribution is 0.656. The molecule has 1 aliphatic heterocycles. The highest BCUT2D eigenvalue weighted by Gasteiger charge is 2.55. The van der Waals surface area contributed by atoms with Crippen LogP contribution in [0.1, 0.15) is 11.1 Å². The molecule has 0 N–H and O–H groups in total. The number of thioether (sulfide) groups is 1. The number of halogens is 2. The van der Waals surface area contributed by atoms with Gasteiger partial charge in [0.05, 0.1) is 14.8 Å². The molecule has 3 rings (SSSR count). The Balaban J connectivity index is 2.12. The Hall–Kier alpha value is -0.630. The average molecular weight is 295 g/mol. The molecule has 0 bridgehead atoms. The summed E-state index contributed by atoms with van der Waals surface area (Å²) in [6, 6.07) is 20.7. The van der Waals surface area contributed by atoms with Crippen molar-refractivity contribution < 1.29 is 0 Å². The van der Waals surface area contributed by atoms with E-state index < -0.39 is 0 Å². The molecule has 0 aliphatic carbocycles. The molecule has 92 valence electrons. The topological polar surface area (TPSA) is 0 Å². The first kappa shape index (κ1) is 12.4. The van der Waals surface area contributed by atoms with Crippen LogP contribution in [0.4, 0.5) is 0 Å². The third-order valence-electron chi connectivity index (χ3n) is 3.32. The molecule has 3 heteroatoms. The minimum absolute atomic E-state index is 0.0351. The maximum absolute atomic E-state index is 6.54. The number of hydrogen-bond acceptors (Lipinski definition) is 1. The average Bonchev–Trinajstić information content (AvgIpc) is 2.46. The summed E-state index contributed by atoms with van der Waals surface area (Å²) in [6.45, 7) is 0. The Kier molecular flexibility index (Phi) is 3.31. The fourth-order valence-electron chi connectivity index (χ4n) is 2.41. The van der Waals surface area contributed by atoms with Crippen molar-refractivity contribution in [2.24, 2.45) is 0 Å². The highest BCUT2D eigenvalue weighted by Crippen LogP contribution is 2.61. The van der Waals surface area contributed by atoms with Gasteiger partial charge in [-0.3, -0.25) is 0 Å². The summed E-state index contributed by atoms with van der Waals surface area (Å²) < 4.78 is -0.247. The zero-order chi connectivity index (χ0) is 12.6. The van der Waals surface area contributed by atoms with E-state index >= 15 is 0 Å². The van der Waals surface area contributed by atoms with Crippen LogP contribution >= 0.6 is 35.0 Å². The van der Waals surface area contributed by atoms with Crippen LogP contribution in [0.25, 0.3) is 0 Å². The van der Waals surface area contributed by atoms with E-state index in [1.165, 1.54) is 11.1 Å². The minimum Gasteiger partial charge on any atom is -0.122 e. The Morgan fingerprint density at radius 2 is 1.22 bits per heavy atom. The SMILES string of the molecule is ClC1SC(c2ccccc2)(c2ccccc2)C1Cl. The van der Waals surface area contributed by atoms with Crippen molar-refractivity contribution >= 4 is 35.0 Å². The number of benzene rings is 2. The standard InChI is InChI=1S/C15H12Cl2S/c16-13-14(17)18-15(13,11-7-3-1-4-8-11)12-9-5-2-6-10-12/h1-10,13-14H. The van der Waals surface area contributed by atoms with Crippen molar-refractivity contribution in [3.05, 3.63) is 71.8 Å². The van der Waals surface area contributed by atoms with E-state index in [1.54, 1.807) is 11.8 Å². The molecule has 0 spiro atoms. The van der Waals surface area contributed by atoms with Gasteiger partial charge in [0.2, 0.25) is 0 Å². The lowest BCUT2D eigenvalue weighted by atomic mass is 9.86. The number of hydrogen-bond donors (Lipinski definition) is 0. The molecule has 2 atom stereocenters. The Morgan fingerprint density at radius 3 is 1.56 bits per heavy atom. The van der Waals surface area contributed by atoms with Gasteiger partial charge in [-0.2, -0.15) is 0 Å². The van der Waals surface area contributed by atoms with Gasteiger partial charge in [-0.15, -0.1) is 35.0 Å². The summed E-state index contributed by atoms with van der Waals surface area (Å²) in [5, 5.41) is -0.0889. The Morgan fingerprint density at radius 1 is 0.778 bits per heavy atom. The van der Waals surface area contributed by atoms with Gasteiger partial charge in [0.15, 0.2) is 0 Å². The second-order valence-electron chi connectivity index (χ2n) is 4.34. The first-order valence-electron chi connectivity index (χ1n) is 5.82. The molecule has 1 saturated heterocycles. The van der Waals surface area contributed by atoms with E-state index in [4.69, 9.17) is 23.2 Å². The van der Waals surface area contributed by atoms with Gasteiger partial charge in [0.1, 0.15) is 0 Å². The molecule has 2 unspecified atom stereocenters. The summed E-state index contributed by atoms with van der Waals surface area (Å²) in [4.78, 5) is 0. The largest absolute Gasteiger partial charge is 0.122 e. The zero-order valence-corrected chi connectivity index (χ0v) is 11.9. The highest BCUT2D eigenvalue weighted by atomic mass is 35.5. The maximum atomic E-state index is 6.54. The lowest BCUT2D eigenvalue weighted by Gasteiger charge is -2.49. The van der Waals surface area contributed by atoms with Crippen LogP contribution in [0, 0.1) is 0 Å². The summed E-state index contributed by atoms with van der Waals surface area (Å²) in [7, 11) is 0. The third-order valence-corrected chi connectivity index (χ3v) is 6.42. The third kappa shape index (κ3) is 1.77. The molecule has 1 fully saturated rings. The molecule has 0 radical (unpaired) electrons. The molecule has 18 heavy (non-hydrogen) atoms. The normalized spacial score (nSPS) is 25.4. The van der Waals surface area contributed by atoms with Crippen LogP contribution in [0.5, 0.6) is 0 Å². The van der Waals surface area contributed by atoms with Gasteiger partial charge >= 0.3 is 0 Å². The van der Waals surface area contributed by atoms with E-state index in [-0.39, 0.29) is 14.8 Å². The zero-order valence-electron chi connectivity index (χ0n) is 9.59. The maximum Gasteiger partial charge on any atom is 0.0985 e. The van der Waals surface area contributed by atoms with Crippen molar-refractivity contribution in [1.82, 2.24) is 0 Å². The van der Waals surface area contributed by atoms with Crippen molar-refractivity contribution in [3.63, 3.8) is 0 Å². The van der Waals surface area contributed by atoms with Crippen molar-refractivity contribution in [2.75, 3.05) is 0 Å². The first-order chi connectivity index (χ1) is 8.75. The van der Waals surface area contributed by atoms with Crippen LogP contribution < -0.4 is 0 Å². The van der Waals surface area contributed by atoms with Crippen LogP contribution in [0.15, 0.2) is 60.7 Å². The van der Waals surface area contributed by atoms with E-state index in [9.17, 15) is 0 Å². The predicted molar refractivity (Wildman–Crippen MR) is 80.5 cm³/mol. The van der Waals surface area contributed by atoms with Crippen LogP contribution in [0.2, 0.25) is 0 Å². The molecule has 2 aromatic carbocycles. The van der Waals surface area contributed by atoms with Crippen LogP contribution in [0.3, 0.4) is 0 Å². The second kappa shape index (κ2) is 4.80. The fourth-order valence-corrected chi connectivity index (χ4v) is 4.92. The molecule has 0 saturated carbocycles. The predicted octanol–water partition coefficient (Wildman–Crippen LogP) is 4.85. The smallest absolute Gasteiger partial charge is 0.0985 e. The molecule has 2 aromatic rings. The summed E-state index contributed by atoms with van der Waals surface area (Å²) in [5.41, 5.74) is 2.44. The van der Waals surface area contributed by atoms with Crippen LogP contribution in [-0.4, -0.2) is 10.1 Å². The van der Waals surface area contributed by atoms with Crippen molar-refractivity contribution in [3.8, 4) is 0 Å². The molecule has 1 aliphatic rings. The Bertz CT molecular complexity index is 487. The van der Waals surface area contributed by atoms with E-state index in [0.717, 1.165) is 0 Å². The van der Waals surface area contributed by atoms with Crippen LogP contribution in [-0.2, 0) is 4.75 Å². The number of rotatable bonds is 2. The molecular formula is C15H12Cl2S. The van der Waals surface area contributed by atoms with E-state index in [0.29, 0.717) is 0 Å². The van der Waals surface area contributed by atoms with E-state index in [1.807, 2.05) is 36.4 Å². The lowest BCUT2D eigenvalue weighted by Crippen LogP contribution is -2.49.